The largest absolute Gasteiger partial charge is 0.305 e. The van der Waals surface area contributed by atoms with Gasteiger partial charge in [0, 0.05) is 18.0 Å². The number of aromatic nitrogens is 3. The first-order valence-electron chi connectivity index (χ1n) is 5.97. The number of nitrogens with zero attached hydrogens (tertiary/aromatic N) is 3. The molecule has 0 saturated carbocycles. The van der Waals surface area contributed by atoms with Crippen molar-refractivity contribution in [2.24, 2.45) is 0 Å². The van der Waals surface area contributed by atoms with Crippen LogP contribution in [0, 0.1) is 0 Å². The van der Waals surface area contributed by atoms with E-state index in [2.05, 4.69) is 40.7 Å². The average Bonchev–Trinajstić information content (AvgIpc) is 2.97. The van der Waals surface area contributed by atoms with Crippen LogP contribution in [-0.2, 0) is 26.1 Å². The van der Waals surface area contributed by atoms with E-state index in [1.165, 1.54) is 10.4 Å². The Kier molecular flexibility index (Phi) is 4.28. The van der Waals surface area contributed by atoms with Gasteiger partial charge in [-0.1, -0.05) is 6.92 Å². The minimum absolute atomic E-state index is 0.773. The molecule has 0 bridgehead atoms. The minimum atomic E-state index is 0.773. The highest BCUT2D eigenvalue weighted by Crippen LogP contribution is 2.16. The summed E-state index contributed by atoms with van der Waals surface area (Å²) in [6.07, 6.45) is 2.72. The van der Waals surface area contributed by atoms with Crippen LogP contribution in [0.5, 0.6) is 0 Å². The number of nitrogens with one attached hydrogen (secondary N) is 1. The second-order valence-corrected chi connectivity index (χ2v) is 4.82. The highest BCUT2D eigenvalue weighted by Gasteiger charge is 2.04. The molecule has 0 fully saturated rings. The van der Waals surface area contributed by atoms with Crippen LogP contribution in [0.4, 0.5) is 0 Å². The van der Waals surface area contributed by atoms with Gasteiger partial charge in [-0.2, -0.15) is 5.10 Å². The van der Waals surface area contributed by atoms with E-state index in [1.54, 1.807) is 6.33 Å². The third kappa shape index (κ3) is 2.92. The van der Waals surface area contributed by atoms with E-state index < -0.39 is 0 Å². The molecule has 0 aromatic carbocycles. The molecule has 92 valence electrons. The SMILES string of the molecule is CCc1ccsc1CNCc1ncnn1CC. The molecule has 5 heteroatoms. The van der Waals surface area contributed by atoms with Crippen LogP contribution >= 0.6 is 11.3 Å². The maximum absolute atomic E-state index is 4.24. The molecule has 0 amide bonds. The number of thiophene rings is 1. The number of hydrogen-bond donors (Lipinski definition) is 1. The highest BCUT2D eigenvalue weighted by atomic mass is 32.1. The Balaban J connectivity index is 1.87. The Morgan fingerprint density at radius 1 is 1.35 bits per heavy atom. The molecule has 0 aliphatic carbocycles. The topological polar surface area (TPSA) is 42.7 Å². The van der Waals surface area contributed by atoms with E-state index in [1.807, 2.05) is 16.0 Å². The van der Waals surface area contributed by atoms with Crippen molar-refractivity contribution in [3.05, 3.63) is 34.0 Å². The van der Waals surface area contributed by atoms with Crippen LogP contribution in [0.15, 0.2) is 17.8 Å². The van der Waals surface area contributed by atoms with Crippen molar-refractivity contribution in [1.29, 1.82) is 0 Å². The van der Waals surface area contributed by atoms with Crippen LogP contribution in [0.2, 0.25) is 0 Å². The van der Waals surface area contributed by atoms with Gasteiger partial charge in [-0.3, -0.25) is 0 Å². The zero-order valence-electron chi connectivity index (χ0n) is 10.3. The van der Waals surface area contributed by atoms with Gasteiger partial charge >= 0.3 is 0 Å². The second kappa shape index (κ2) is 5.93. The zero-order chi connectivity index (χ0) is 12.1. The van der Waals surface area contributed by atoms with E-state index in [0.717, 1.165) is 31.9 Å². The van der Waals surface area contributed by atoms with E-state index in [9.17, 15) is 0 Å². The Hall–Kier alpha value is -1.20. The summed E-state index contributed by atoms with van der Waals surface area (Å²) < 4.78 is 1.92. The van der Waals surface area contributed by atoms with E-state index in [-0.39, 0.29) is 0 Å². The molecule has 0 aliphatic heterocycles. The summed E-state index contributed by atoms with van der Waals surface area (Å²) in [6.45, 7) is 6.83. The third-order valence-corrected chi connectivity index (χ3v) is 3.75. The van der Waals surface area contributed by atoms with Crippen molar-refractivity contribution >= 4 is 11.3 Å². The first-order chi connectivity index (χ1) is 8.35. The van der Waals surface area contributed by atoms with Crippen LogP contribution in [0.25, 0.3) is 0 Å². The first kappa shape index (κ1) is 12.3. The van der Waals surface area contributed by atoms with Crippen LogP contribution in [-0.4, -0.2) is 14.8 Å². The lowest BCUT2D eigenvalue weighted by Crippen LogP contribution is -2.17. The molecule has 2 aromatic rings. The molecule has 2 rings (SSSR count). The van der Waals surface area contributed by atoms with E-state index in [4.69, 9.17) is 0 Å². The van der Waals surface area contributed by atoms with Crippen LogP contribution in [0.1, 0.15) is 30.1 Å². The van der Waals surface area contributed by atoms with Crippen molar-refractivity contribution in [2.45, 2.75) is 39.9 Å². The fraction of sp³-hybridized carbons (Fsp3) is 0.500. The maximum atomic E-state index is 4.24. The van der Waals surface area contributed by atoms with Gasteiger partial charge in [0.15, 0.2) is 0 Å². The molecule has 0 spiro atoms. The van der Waals surface area contributed by atoms with Crippen LogP contribution < -0.4 is 5.32 Å². The summed E-state index contributed by atoms with van der Waals surface area (Å²) in [5.41, 5.74) is 1.44. The summed E-state index contributed by atoms with van der Waals surface area (Å²) in [6, 6.07) is 2.20. The van der Waals surface area contributed by atoms with Crippen molar-refractivity contribution in [3.8, 4) is 0 Å². The molecule has 1 N–H and O–H groups in total. The summed E-state index contributed by atoms with van der Waals surface area (Å²) in [5, 5.41) is 9.74. The third-order valence-electron chi connectivity index (χ3n) is 2.78. The van der Waals surface area contributed by atoms with Gasteiger partial charge in [0.1, 0.15) is 12.2 Å². The Bertz CT molecular complexity index is 418. The molecular formula is C12H18N4S. The first-order valence-corrected chi connectivity index (χ1v) is 6.85. The van der Waals surface area contributed by atoms with Crippen molar-refractivity contribution in [3.63, 3.8) is 0 Å². The van der Waals surface area contributed by atoms with Crippen LogP contribution in [0.3, 0.4) is 0 Å². The summed E-state index contributed by atoms with van der Waals surface area (Å²) in [5.74, 6) is 1.00. The normalized spacial score (nSPS) is 10.9. The lowest BCUT2D eigenvalue weighted by molar-refractivity contribution is 0.573. The van der Waals surface area contributed by atoms with Crippen molar-refractivity contribution in [2.75, 3.05) is 0 Å². The van der Waals surface area contributed by atoms with Gasteiger partial charge in [-0.25, -0.2) is 9.67 Å². The smallest absolute Gasteiger partial charge is 0.140 e. The van der Waals surface area contributed by atoms with Crippen molar-refractivity contribution in [1.82, 2.24) is 20.1 Å². The maximum Gasteiger partial charge on any atom is 0.140 e. The monoisotopic (exact) mass is 250 g/mol. The molecule has 2 heterocycles. The number of aryl methyl sites for hydroxylation is 2. The molecule has 0 unspecified atom stereocenters. The Morgan fingerprint density at radius 3 is 3.00 bits per heavy atom. The summed E-state index contributed by atoms with van der Waals surface area (Å²) in [7, 11) is 0. The van der Waals surface area contributed by atoms with E-state index in [0.29, 0.717) is 0 Å². The second-order valence-electron chi connectivity index (χ2n) is 3.82. The minimum Gasteiger partial charge on any atom is -0.305 e. The van der Waals surface area contributed by atoms with Gasteiger partial charge in [-0.15, -0.1) is 11.3 Å². The quantitative estimate of drug-likeness (QED) is 0.854. The average molecular weight is 250 g/mol. The van der Waals surface area contributed by atoms with Gasteiger partial charge in [0.05, 0.1) is 6.54 Å². The van der Waals surface area contributed by atoms with Gasteiger partial charge in [0.25, 0.3) is 0 Å². The zero-order valence-corrected chi connectivity index (χ0v) is 11.1. The molecule has 2 aromatic heterocycles. The molecule has 0 radical (unpaired) electrons. The molecular weight excluding hydrogens is 232 g/mol. The molecule has 4 nitrogen and oxygen atoms in total. The molecule has 0 aliphatic rings. The lowest BCUT2D eigenvalue weighted by atomic mass is 10.2. The lowest BCUT2D eigenvalue weighted by Gasteiger charge is -2.05. The Labute approximate surface area is 106 Å². The predicted octanol–water partition coefficient (Wildman–Crippen LogP) is 2.21. The summed E-state index contributed by atoms with van der Waals surface area (Å²) >= 11 is 1.82. The fourth-order valence-electron chi connectivity index (χ4n) is 1.81. The summed E-state index contributed by atoms with van der Waals surface area (Å²) in [4.78, 5) is 5.67. The molecule has 0 saturated heterocycles. The van der Waals surface area contributed by atoms with Gasteiger partial charge in [0.2, 0.25) is 0 Å². The predicted molar refractivity (Wildman–Crippen MR) is 69.9 cm³/mol. The number of hydrogen-bond acceptors (Lipinski definition) is 4. The fourth-order valence-corrected chi connectivity index (χ4v) is 2.76. The standard InChI is InChI=1S/C12H18N4S/c1-3-10-5-6-17-11(10)7-13-8-12-14-9-15-16(12)4-2/h5-6,9,13H,3-4,7-8H2,1-2H3. The molecule has 0 atom stereocenters. The van der Waals surface area contributed by atoms with Gasteiger partial charge < -0.3 is 5.32 Å². The Morgan fingerprint density at radius 2 is 2.24 bits per heavy atom. The van der Waals surface area contributed by atoms with E-state index >= 15 is 0 Å². The highest BCUT2D eigenvalue weighted by molar-refractivity contribution is 7.10. The van der Waals surface area contributed by atoms with Crippen molar-refractivity contribution < 1.29 is 0 Å². The molecule has 17 heavy (non-hydrogen) atoms. The van der Waals surface area contributed by atoms with Gasteiger partial charge in [-0.05, 0) is 30.4 Å². The number of rotatable bonds is 6.